The summed E-state index contributed by atoms with van der Waals surface area (Å²) < 4.78 is 11.4. The summed E-state index contributed by atoms with van der Waals surface area (Å²) in [7, 11) is 4.25. The molecule has 2 aliphatic rings. The Bertz CT molecular complexity index is 549. The largest absolute Gasteiger partial charge is 0.491 e. The van der Waals surface area contributed by atoms with Crippen molar-refractivity contribution < 1.29 is 19.7 Å². The number of piperazine rings is 2. The lowest BCUT2D eigenvalue weighted by molar-refractivity contribution is 0.0495. The van der Waals surface area contributed by atoms with E-state index in [2.05, 4.69) is 33.7 Å². The van der Waals surface area contributed by atoms with Crippen LogP contribution in [0.1, 0.15) is 0 Å². The molecule has 0 aliphatic carbocycles. The van der Waals surface area contributed by atoms with Crippen LogP contribution in [0.4, 0.5) is 0 Å². The Kier molecular flexibility index (Phi) is 9.17. The lowest BCUT2D eigenvalue weighted by atomic mass is 10.2. The lowest BCUT2D eigenvalue weighted by Crippen LogP contribution is -2.47. The molecule has 0 amide bonds. The zero-order chi connectivity index (χ0) is 21.3. The van der Waals surface area contributed by atoms with Crippen molar-refractivity contribution in [3.63, 3.8) is 0 Å². The minimum Gasteiger partial charge on any atom is -0.491 e. The van der Waals surface area contributed by atoms with Gasteiger partial charge < -0.3 is 29.5 Å². The van der Waals surface area contributed by atoms with E-state index in [0.29, 0.717) is 24.6 Å². The van der Waals surface area contributed by atoms with Crippen LogP contribution in [0.2, 0.25) is 0 Å². The van der Waals surface area contributed by atoms with Crippen molar-refractivity contribution in [3.8, 4) is 11.5 Å². The first kappa shape index (κ1) is 23.2. The van der Waals surface area contributed by atoms with Crippen molar-refractivity contribution in [3.05, 3.63) is 24.3 Å². The quantitative estimate of drug-likeness (QED) is 0.531. The molecule has 30 heavy (non-hydrogen) atoms. The van der Waals surface area contributed by atoms with Gasteiger partial charge in [0.25, 0.3) is 0 Å². The second-order valence-electron chi connectivity index (χ2n) is 8.61. The molecule has 2 aliphatic heterocycles. The molecule has 2 fully saturated rings. The van der Waals surface area contributed by atoms with E-state index in [9.17, 15) is 10.2 Å². The fraction of sp³-hybridized carbons (Fsp3) is 0.727. The van der Waals surface area contributed by atoms with Crippen molar-refractivity contribution in [2.24, 2.45) is 0 Å². The van der Waals surface area contributed by atoms with E-state index in [-0.39, 0.29) is 13.2 Å². The van der Waals surface area contributed by atoms with E-state index in [1.54, 1.807) is 0 Å². The van der Waals surface area contributed by atoms with E-state index in [1.165, 1.54) is 0 Å². The molecule has 0 saturated carbocycles. The van der Waals surface area contributed by atoms with Crippen LogP contribution < -0.4 is 9.47 Å². The van der Waals surface area contributed by atoms with Crippen molar-refractivity contribution in [2.45, 2.75) is 12.2 Å². The van der Waals surface area contributed by atoms with E-state index >= 15 is 0 Å². The molecule has 0 bridgehead atoms. The van der Waals surface area contributed by atoms with Crippen LogP contribution in [0.3, 0.4) is 0 Å². The van der Waals surface area contributed by atoms with Gasteiger partial charge in [-0.1, -0.05) is 0 Å². The Labute approximate surface area is 180 Å². The fourth-order valence-corrected chi connectivity index (χ4v) is 3.78. The zero-order valence-corrected chi connectivity index (χ0v) is 18.4. The first-order chi connectivity index (χ1) is 14.5. The van der Waals surface area contributed by atoms with Gasteiger partial charge in [0.1, 0.15) is 36.9 Å². The highest BCUT2D eigenvalue weighted by atomic mass is 16.5. The molecule has 8 nitrogen and oxygen atoms in total. The van der Waals surface area contributed by atoms with Crippen molar-refractivity contribution >= 4 is 0 Å². The summed E-state index contributed by atoms with van der Waals surface area (Å²) in [5.74, 6) is 1.41. The molecule has 1 aromatic carbocycles. The van der Waals surface area contributed by atoms with Crippen LogP contribution in [-0.4, -0.2) is 135 Å². The monoisotopic (exact) mass is 422 g/mol. The topological polar surface area (TPSA) is 71.9 Å². The predicted octanol–water partition coefficient (Wildman–Crippen LogP) is -0.339. The molecule has 170 valence electrons. The van der Waals surface area contributed by atoms with Gasteiger partial charge in [0.05, 0.1) is 0 Å². The summed E-state index contributed by atoms with van der Waals surface area (Å²) in [4.78, 5) is 9.15. The minimum absolute atomic E-state index is 0.274. The smallest absolute Gasteiger partial charge is 0.119 e. The maximum absolute atomic E-state index is 10.2. The van der Waals surface area contributed by atoms with Crippen LogP contribution >= 0.6 is 0 Å². The standard InChI is InChI=1S/C22H38N4O4/c1-23-7-11-25(12-8-23)15-19(27)17-29-21-3-5-22(6-4-21)30-18-20(28)16-26-13-9-24(2)10-14-26/h3-6,19-20,27-28H,7-18H2,1-2H3/t19-,20+. The molecular formula is C22H38N4O4. The van der Waals surface area contributed by atoms with Gasteiger partial charge in [0, 0.05) is 65.4 Å². The first-order valence-corrected chi connectivity index (χ1v) is 11.0. The second-order valence-corrected chi connectivity index (χ2v) is 8.61. The highest BCUT2D eigenvalue weighted by Crippen LogP contribution is 2.18. The summed E-state index contributed by atoms with van der Waals surface area (Å²) in [6.45, 7) is 9.94. The maximum Gasteiger partial charge on any atom is 0.119 e. The summed E-state index contributed by atoms with van der Waals surface area (Å²) >= 11 is 0. The first-order valence-electron chi connectivity index (χ1n) is 11.0. The van der Waals surface area contributed by atoms with Crippen LogP contribution in [0.5, 0.6) is 11.5 Å². The van der Waals surface area contributed by atoms with Crippen LogP contribution in [0.25, 0.3) is 0 Å². The van der Waals surface area contributed by atoms with Crippen LogP contribution in [-0.2, 0) is 0 Å². The second kappa shape index (κ2) is 11.8. The van der Waals surface area contributed by atoms with Crippen LogP contribution in [0.15, 0.2) is 24.3 Å². The fourth-order valence-electron chi connectivity index (χ4n) is 3.78. The van der Waals surface area contributed by atoms with Crippen molar-refractivity contribution in [1.82, 2.24) is 19.6 Å². The molecule has 0 radical (unpaired) electrons. The number of aliphatic hydroxyl groups excluding tert-OH is 2. The average molecular weight is 423 g/mol. The molecule has 1 aromatic rings. The predicted molar refractivity (Wildman–Crippen MR) is 117 cm³/mol. The number of nitrogens with zero attached hydrogens (tertiary/aromatic N) is 4. The molecule has 2 saturated heterocycles. The Morgan fingerprint density at radius 1 is 0.667 bits per heavy atom. The van der Waals surface area contributed by atoms with Crippen molar-refractivity contribution in [1.29, 1.82) is 0 Å². The number of hydrogen-bond acceptors (Lipinski definition) is 8. The van der Waals surface area contributed by atoms with Gasteiger partial charge in [0.2, 0.25) is 0 Å². The van der Waals surface area contributed by atoms with Gasteiger partial charge in [-0.2, -0.15) is 0 Å². The molecule has 3 rings (SSSR count). The molecule has 8 heteroatoms. The van der Waals surface area contributed by atoms with E-state index < -0.39 is 12.2 Å². The highest BCUT2D eigenvalue weighted by molar-refractivity contribution is 5.31. The third kappa shape index (κ3) is 8.02. The molecular weight excluding hydrogens is 384 g/mol. The molecule has 0 unspecified atom stereocenters. The minimum atomic E-state index is -0.506. The van der Waals surface area contributed by atoms with E-state index in [0.717, 1.165) is 52.4 Å². The van der Waals surface area contributed by atoms with E-state index in [4.69, 9.17) is 9.47 Å². The van der Waals surface area contributed by atoms with Crippen molar-refractivity contribution in [2.75, 3.05) is 92.8 Å². The Balaban J connectivity index is 1.31. The van der Waals surface area contributed by atoms with E-state index in [1.807, 2.05) is 24.3 Å². The van der Waals surface area contributed by atoms with Gasteiger partial charge in [0.15, 0.2) is 0 Å². The normalized spacial score (nSPS) is 22.0. The number of hydrogen-bond donors (Lipinski definition) is 2. The van der Waals surface area contributed by atoms with Gasteiger partial charge in [-0.3, -0.25) is 9.80 Å². The SMILES string of the molecule is CN1CCN(C[C@H](O)COc2ccc(OC[C@H](O)CN3CCN(C)CC3)cc2)CC1. The third-order valence-electron chi connectivity index (χ3n) is 5.84. The number of benzene rings is 1. The Morgan fingerprint density at radius 2 is 1.00 bits per heavy atom. The molecule has 0 spiro atoms. The zero-order valence-electron chi connectivity index (χ0n) is 18.4. The van der Waals surface area contributed by atoms with Gasteiger partial charge >= 0.3 is 0 Å². The average Bonchev–Trinajstić information content (AvgIpc) is 2.75. The summed E-state index contributed by atoms with van der Waals surface area (Å²) in [5.41, 5.74) is 0. The number of rotatable bonds is 10. The number of β-amino-alcohol motifs (C(OH)–C–C–N with tert-alkyl or cyclic N) is 2. The Morgan fingerprint density at radius 3 is 1.33 bits per heavy atom. The third-order valence-corrected chi connectivity index (χ3v) is 5.84. The highest BCUT2D eigenvalue weighted by Gasteiger charge is 2.18. The molecule has 2 heterocycles. The maximum atomic E-state index is 10.2. The summed E-state index contributed by atoms with van der Waals surface area (Å²) in [6, 6.07) is 7.35. The molecule has 0 aromatic heterocycles. The van der Waals surface area contributed by atoms with Gasteiger partial charge in [-0.05, 0) is 38.4 Å². The lowest BCUT2D eigenvalue weighted by Gasteiger charge is -2.33. The number of likely N-dealkylation sites (N-methyl/N-ethyl adjacent to an activating group) is 2. The summed E-state index contributed by atoms with van der Waals surface area (Å²) in [6.07, 6.45) is -1.01. The Hall–Kier alpha value is -1.42. The van der Waals surface area contributed by atoms with Gasteiger partial charge in [-0.25, -0.2) is 0 Å². The van der Waals surface area contributed by atoms with Crippen LogP contribution in [0, 0.1) is 0 Å². The molecule has 2 atom stereocenters. The van der Waals surface area contributed by atoms with Gasteiger partial charge in [-0.15, -0.1) is 0 Å². The molecule has 2 N–H and O–H groups in total. The number of aliphatic hydroxyl groups is 2. The number of ether oxygens (including phenoxy) is 2. The summed E-state index contributed by atoms with van der Waals surface area (Å²) in [5, 5.41) is 20.5.